The summed E-state index contributed by atoms with van der Waals surface area (Å²) in [6, 6.07) is 15.8. The van der Waals surface area contributed by atoms with Crippen LogP contribution < -0.4 is 9.80 Å². The molecule has 3 atom stereocenters. The highest BCUT2D eigenvalue weighted by Crippen LogP contribution is 2.38. The Kier molecular flexibility index (Phi) is 10.5. The topological polar surface area (TPSA) is 6.48 Å². The van der Waals surface area contributed by atoms with E-state index in [1.165, 1.54) is 56.3 Å². The van der Waals surface area contributed by atoms with Gasteiger partial charge in [-0.1, -0.05) is 99.7 Å². The Hall–Kier alpha value is -4.56. The predicted molar refractivity (Wildman–Crippen MR) is 201 cm³/mol. The van der Waals surface area contributed by atoms with Crippen molar-refractivity contribution in [3.8, 4) is 0 Å². The van der Waals surface area contributed by atoms with Crippen molar-refractivity contribution in [2.45, 2.75) is 61.8 Å². The monoisotopic (exact) mass is 606 g/mol. The van der Waals surface area contributed by atoms with Crippen LogP contribution in [-0.2, 0) is 0 Å². The van der Waals surface area contributed by atoms with Crippen LogP contribution in [0.3, 0.4) is 0 Å². The maximum atomic E-state index is 2.45. The fourth-order valence-electron chi connectivity index (χ4n) is 6.41. The minimum absolute atomic E-state index is 0.435. The summed E-state index contributed by atoms with van der Waals surface area (Å²) in [5, 5.41) is 0. The van der Waals surface area contributed by atoms with E-state index in [4.69, 9.17) is 0 Å². The first-order valence-electron chi connectivity index (χ1n) is 16.8. The molecular weight excluding hydrogens is 556 g/mol. The molecule has 5 rings (SSSR count). The predicted octanol–water partition coefficient (Wildman–Crippen LogP) is 12.1. The molecule has 0 spiro atoms. The van der Waals surface area contributed by atoms with Crippen molar-refractivity contribution in [3.05, 3.63) is 173 Å². The van der Waals surface area contributed by atoms with Gasteiger partial charge in [-0.2, -0.15) is 0 Å². The van der Waals surface area contributed by atoms with E-state index in [2.05, 4.69) is 193 Å². The van der Waals surface area contributed by atoms with Crippen LogP contribution in [0.5, 0.6) is 0 Å². The van der Waals surface area contributed by atoms with E-state index in [1.807, 2.05) is 0 Å². The minimum Gasteiger partial charge on any atom is -0.314 e. The molecule has 0 fully saturated rings. The maximum Gasteiger partial charge on any atom is 0.0490 e. The van der Waals surface area contributed by atoms with Crippen LogP contribution in [0.2, 0.25) is 0 Å². The van der Waals surface area contributed by atoms with Gasteiger partial charge in [-0.3, -0.25) is 0 Å². The van der Waals surface area contributed by atoms with E-state index in [1.54, 1.807) is 0 Å². The van der Waals surface area contributed by atoms with Crippen molar-refractivity contribution in [2.75, 3.05) is 9.80 Å². The summed E-state index contributed by atoms with van der Waals surface area (Å²) in [7, 11) is 0. The molecule has 0 saturated carbocycles. The van der Waals surface area contributed by atoms with E-state index in [0.717, 1.165) is 12.1 Å². The van der Waals surface area contributed by atoms with Crippen molar-refractivity contribution < 1.29 is 0 Å². The van der Waals surface area contributed by atoms with Gasteiger partial charge in [0, 0.05) is 40.6 Å². The highest BCUT2D eigenvalue weighted by Gasteiger charge is 2.23. The van der Waals surface area contributed by atoms with Gasteiger partial charge in [-0.05, 0) is 129 Å². The first-order valence-corrected chi connectivity index (χ1v) is 16.8. The molecule has 2 heteroatoms. The Morgan fingerprint density at radius 1 is 0.826 bits per heavy atom. The number of allylic oxidation sites excluding steroid dienone is 16. The molecule has 0 aliphatic heterocycles. The lowest BCUT2D eigenvalue weighted by Crippen LogP contribution is -2.24. The Labute approximate surface area is 278 Å². The molecule has 0 aromatic heterocycles. The number of hydrogen-bond acceptors (Lipinski definition) is 2. The average Bonchev–Trinajstić information content (AvgIpc) is 3.37. The van der Waals surface area contributed by atoms with Gasteiger partial charge >= 0.3 is 0 Å². The third-order valence-corrected chi connectivity index (χ3v) is 9.22. The fraction of sp³-hybridized carbons (Fsp3) is 0.273. The van der Waals surface area contributed by atoms with E-state index < -0.39 is 0 Å². The highest BCUT2D eigenvalue weighted by atomic mass is 15.2. The summed E-state index contributed by atoms with van der Waals surface area (Å²) < 4.78 is 0. The molecule has 46 heavy (non-hydrogen) atoms. The molecule has 3 unspecified atom stereocenters. The summed E-state index contributed by atoms with van der Waals surface area (Å²) in [6.45, 7) is 17.7. The van der Waals surface area contributed by atoms with Crippen LogP contribution in [0.15, 0.2) is 156 Å². The zero-order chi connectivity index (χ0) is 32.8. The second-order valence-corrected chi connectivity index (χ2v) is 12.9. The van der Waals surface area contributed by atoms with Crippen LogP contribution in [0, 0.1) is 31.6 Å². The first kappa shape index (κ1) is 32.8. The zero-order valence-corrected chi connectivity index (χ0v) is 29.0. The van der Waals surface area contributed by atoms with Crippen molar-refractivity contribution >= 4 is 16.9 Å². The van der Waals surface area contributed by atoms with Gasteiger partial charge in [0.15, 0.2) is 0 Å². The number of aryl methyl sites for hydroxylation is 2. The summed E-state index contributed by atoms with van der Waals surface area (Å²) >= 11 is 0. The Bertz CT molecular complexity index is 1760. The van der Waals surface area contributed by atoms with E-state index >= 15 is 0 Å². The maximum absolute atomic E-state index is 2.45. The van der Waals surface area contributed by atoms with Crippen molar-refractivity contribution in [3.63, 3.8) is 0 Å². The van der Waals surface area contributed by atoms with Gasteiger partial charge in [-0.25, -0.2) is 0 Å². The van der Waals surface area contributed by atoms with Crippen molar-refractivity contribution in [2.24, 2.45) is 17.8 Å². The molecule has 3 aliphatic rings. The average molecular weight is 607 g/mol. The summed E-state index contributed by atoms with van der Waals surface area (Å²) in [5.74, 6) is 1.44. The molecule has 0 N–H and O–H groups in total. The van der Waals surface area contributed by atoms with E-state index in [0.29, 0.717) is 17.8 Å². The lowest BCUT2D eigenvalue weighted by molar-refractivity contribution is 0.547. The van der Waals surface area contributed by atoms with Crippen molar-refractivity contribution in [1.82, 2.24) is 0 Å². The number of nitrogens with zero attached hydrogens (tertiary/aromatic N) is 2. The van der Waals surface area contributed by atoms with Gasteiger partial charge in [-0.15, -0.1) is 0 Å². The van der Waals surface area contributed by atoms with Gasteiger partial charge < -0.3 is 9.80 Å². The van der Waals surface area contributed by atoms with E-state index in [-0.39, 0.29) is 0 Å². The first-order chi connectivity index (χ1) is 22.2. The molecule has 0 heterocycles. The smallest absolute Gasteiger partial charge is 0.0490 e. The Morgan fingerprint density at radius 2 is 1.63 bits per heavy atom. The van der Waals surface area contributed by atoms with Crippen LogP contribution in [0.4, 0.5) is 11.4 Å². The van der Waals surface area contributed by atoms with Gasteiger partial charge in [0.1, 0.15) is 0 Å². The molecule has 3 aliphatic carbocycles. The van der Waals surface area contributed by atoms with Gasteiger partial charge in [0.2, 0.25) is 0 Å². The number of rotatable bonds is 9. The third-order valence-electron chi connectivity index (χ3n) is 9.22. The number of hydrogen-bond donors (Lipinski definition) is 0. The minimum atomic E-state index is 0.435. The fourth-order valence-corrected chi connectivity index (χ4v) is 6.41. The molecule has 2 aromatic rings. The molecule has 0 bridgehead atoms. The third kappa shape index (κ3) is 7.29. The Morgan fingerprint density at radius 3 is 2.30 bits per heavy atom. The molecule has 2 aromatic carbocycles. The second-order valence-electron chi connectivity index (χ2n) is 12.9. The zero-order valence-electron chi connectivity index (χ0n) is 29.0. The molecular formula is C44H50N2. The van der Waals surface area contributed by atoms with Gasteiger partial charge in [0.05, 0.1) is 0 Å². The second kappa shape index (κ2) is 14.7. The van der Waals surface area contributed by atoms with Crippen LogP contribution in [-0.4, -0.2) is 0 Å². The standard InChI is InChI=1S/C44H50N2/c1-9-11-12-17-39(10-2)45(42-24-21-33(5)34(6)30-42)44-25-22-38(29-36(44)8)37-16-14-19-43(35(7)28-37)46(41-23-20-32(4)27-41)40-18-13-15-31(3)26-40/h9-18,20-30,32-34H,19H2,1-8H3/b11-9+,17-12-,39-10+. The molecule has 0 radical (unpaired) electrons. The SMILES string of the molecule is C/C=C/C=C\C(=C/C)N(C1=CC(C)C(C)C=C1)c1ccc(C2=CC(C)=C(N(C3=CC(C)C=C3)c3cccc(C)c3)CC=C2)cc1C. The molecule has 236 valence electrons. The van der Waals surface area contributed by atoms with Crippen molar-refractivity contribution in [1.29, 1.82) is 0 Å². The number of benzene rings is 2. The van der Waals surface area contributed by atoms with Crippen LogP contribution in [0.1, 0.15) is 64.7 Å². The molecule has 0 saturated heterocycles. The largest absolute Gasteiger partial charge is 0.314 e. The molecule has 2 nitrogen and oxygen atoms in total. The normalized spacial score (nSPS) is 21.6. The van der Waals surface area contributed by atoms with Crippen LogP contribution in [0.25, 0.3) is 5.57 Å². The van der Waals surface area contributed by atoms with Gasteiger partial charge in [0.25, 0.3) is 0 Å². The lowest BCUT2D eigenvalue weighted by Gasteiger charge is -2.32. The summed E-state index contributed by atoms with van der Waals surface area (Å²) in [6.07, 6.45) is 32.5. The summed E-state index contributed by atoms with van der Waals surface area (Å²) in [5.41, 5.74) is 13.6. The quantitative estimate of drug-likeness (QED) is 0.262. The molecule has 0 amide bonds. The van der Waals surface area contributed by atoms with E-state index in [9.17, 15) is 0 Å². The Balaban J connectivity index is 1.55. The summed E-state index contributed by atoms with van der Waals surface area (Å²) in [4.78, 5) is 4.85. The number of anilines is 2. The highest BCUT2D eigenvalue weighted by molar-refractivity contribution is 5.80. The van der Waals surface area contributed by atoms with Crippen LogP contribution >= 0.6 is 0 Å². The lowest BCUT2D eigenvalue weighted by atomic mass is 9.90.